The van der Waals surface area contributed by atoms with Crippen LogP contribution in [-0.4, -0.2) is 22.9 Å². The first kappa shape index (κ1) is 18.2. The van der Waals surface area contributed by atoms with Gasteiger partial charge in [0.1, 0.15) is 11.3 Å². The lowest BCUT2D eigenvalue weighted by atomic mass is 10.2. The normalized spacial score (nSPS) is 10.7. The van der Waals surface area contributed by atoms with Gasteiger partial charge in [0, 0.05) is 28.9 Å². The standard InChI is InChI=1S/C21H15N3O5/c1-28-17-4-2-3-14(11-17)21-23-18-12-15(7-10-19(18)29-21)22-20(25)13-5-8-16(9-6-13)24(26)27/h2-12H,1H3,(H,22,25). The number of oxazole rings is 1. The van der Waals surface area contributed by atoms with Gasteiger partial charge in [-0.25, -0.2) is 4.98 Å². The fourth-order valence-electron chi connectivity index (χ4n) is 2.82. The van der Waals surface area contributed by atoms with Gasteiger partial charge in [-0.15, -0.1) is 0 Å². The SMILES string of the molecule is COc1cccc(-c2nc3cc(NC(=O)c4ccc([N+](=O)[O-])cc4)ccc3o2)c1. The number of carbonyl (C=O) groups excluding carboxylic acids is 1. The number of hydrogen-bond donors (Lipinski definition) is 1. The van der Waals surface area contributed by atoms with Crippen molar-refractivity contribution < 1.29 is 18.9 Å². The quantitative estimate of drug-likeness (QED) is 0.393. The van der Waals surface area contributed by atoms with Gasteiger partial charge < -0.3 is 14.5 Å². The number of methoxy groups -OCH3 is 1. The maximum absolute atomic E-state index is 12.4. The van der Waals surface area contributed by atoms with E-state index in [2.05, 4.69) is 10.3 Å². The van der Waals surface area contributed by atoms with Gasteiger partial charge in [-0.05, 0) is 48.5 Å². The number of nitro benzene ring substituents is 1. The number of nitrogens with one attached hydrogen (secondary N) is 1. The lowest BCUT2D eigenvalue weighted by Gasteiger charge is -2.04. The molecular formula is C21H15N3O5. The van der Waals surface area contributed by atoms with E-state index in [9.17, 15) is 14.9 Å². The lowest BCUT2D eigenvalue weighted by molar-refractivity contribution is -0.384. The van der Waals surface area contributed by atoms with Crippen LogP contribution in [0, 0.1) is 10.1 Å². The van der Waals surface area contributed by atoms with Gasteiger partial charge in [0.2, 0.25) is 5.89 Å². The Balaban J connectivity index is 1.57. The zero-order valence-corrected chi connectivity index (χ0v) is 15.3. The number of carbonyl (C=O) groups is 1. The van der Waals surface area contributed by atoms with E-state index < -0.39 is 4.92 Å². The molecular weight excluding hydrogens is 374 g/mol. The highest BCUT2D eigenvalue weighted by atomic mass is 16.6. The van der Waals surface area contributed by atoms with E-state index in [1.54, 1.807) is 25.3 Å². The summed E-state index contributed by atoms with van der Waals surface area (Å²) in [5, 5.41) is 13.5. The highest BCUT2D eigenvalue weighted by molar-refractivity contribution is 6.05. The maximum Gasteiger partial charge on any atom is 0.269 e. The summed E-state index contributed by atoms with van der Waals surface area (Å²) in [5.74, 6) is 0.759. The molecule has 0 aliphatic carbocycles. The van der Waals surface area contributed by atoms with Crippen molar-refractivity contribution in [3.05, 3.63) is 82.4 Å². The number of rotatable bonds is 5. The van der Waals surface area contributed by atoms with E-state index in [4.69, 9.17) is 9.15 Å². The van der Waals surface area contributed by atoms with Gasteiger partial charge in [-0.3, -0.25) is 14.9 Å². The van der Waals surface area contributed by atoms with Crippen LogP contribution in [0.1, 0.15) is 10.4 Å². The van der Waals surface area contributed by atoms with Gasteiger partial charge >= 0.3 is 0 Å². The number of benzene rings is 3. The molecule has 1 aromatic heterocycles. The second-order valence-corrected chi connectivity index (χ2v) is 6.19. The summed E-state index contributed by atoms with van der Waals surface area (Å²) < 4.78 is 11.0. The molecule has 4 aromatic rings. The van der Waals surface area contributed by atoms with Crippen LogP contribution in [0.3, 0.4) is 0 Å². The molecule has 1 heterocycles. The van der Waals surface area contributed by atoms with Crippen LogP contribution >= 0.6 is 0 Å². The first-order valence-corrected chi connectivity index (χ1v) is 8.64. The van der Waals surface area contributed by atoms with Crippen LogP contribution < -0.4 is 10.1 Å². The number of amides is 1. The second-order valence-electron chi connectivity index (χ2n) is 6.19. The number of aromatic nitrogens is 1. The summed E-state index contributed by atoms with van der Waals surface area (Å²) in [6, 6.07) is 17.9. The molecule has 0 aliphatic heterocycles. The highest BCUT2D eigenvalue weighted by Crippen LogP contribution is 2.28. The highest BCUT2D eigenvalue weighted by Gasteiger charge is 2.12. The Morgan fingerprint density at radius 1 is 1.10 bits per heavy atom. The fraction of sp³-hybridized carbons (Fsp3) is 0.0476. The molecule has 0 radical (unpaired) electrons. The molecule has 0 unspecified atom stereocenters. The van der Waals surface area contributed by atoms with Gasteiger partial charge in [-0.2, -0.15) is 0 Å². The monoisotopic (exact) mass is 389 g/mol. The average molecular weight is 389 g/mol. The summed E-state index contributed by atoms with van der Waals surface area (Å²) in [5.41, 5.74) is 2.72. The lowest BCUT2D eigenvalue weighted by Crippen LogP contribution is -2.11. The summed E-state index contributed by atoms with van der Waals surface area (Å²) in [7, 11) is 1.59. The van der Waals surface area contributed by atoms with Crippen molar-refractivity contribution >= 4 is 28.4 Å². The Hall–Kier alpha value is -4.20. The van der Waals surface area contributed by atoms with Crippen LogP contribution in [-0.2, 0) is 0 Å². The van der Waals surface area contributed by atoms with E-state index in [0.717, 1.165) is 5.56 Å². The van der Waals surface area contributed by atoms with E-state index >= 15 is 0 Å². The largest absolute Gasteiger partial charge is 0.497 e. The van der Waals surface area contributed by atoms with Crippen LogP contribution in [0.2, 0.25) is 0 Å². The van der Waals surface area contributed by atoms with Gasteiger partial charge in [0.15, 0.2) is 5.58 Å². The van der Waals surface area contributed by atoms with Crippen LogP contribution in [0.5, 0.6) is 5.75 Å². The van der Waals surface area contributed by atoms with Crippen molar-refractivity contribution in [1.82, 2.24) is 4.98 Å². The zero-order chi connectivity index (χ0) is 20.4. The van der Waals surface area contributed by atoms with Crippen LogP contribution in [0.25, 0.3) is 22.6 Å². The minimum absolute atomic E-state index is 0.0735. The third-order valence-electron chi connectivity index (χ3n) is 4.30. The molecule has 0 saturated heterocycles. The molecule has 8 nitrogen and oxygen atoms in total. The molecule has 3 aromatic carbocycles. The molecule has 4 rings (SSSR count). The number of anilines is 1. The van der Waals surface area contributed by atoms with Crippen molar-refractivity contribution in [3.8, 4) is 17.2 Å². The number of non-ortho nitro benzene ring substituents is 1. The molecule has 0 spiro atoms. The smallest absolute Gasteiger partial charge is 0.269 e. The molecule has 8 heteroatoms. The molecule has 0 atom stereocenters. The van der Waals surface area contributed by atoms with Gasteiger partial charge in [-0.1, -0.05) is 6.07 Å². The number of nitrogens with zero attached hydrogens (tertiary/aromatic N) is 2. The van der Waals surface area contributed by atoms with Crippen molar-refractivity contribution in [2.45, 2.75) is 0 Å². The summed E-state index contributed by atoms with van der Waals surface area (Å²) in [4.78, 5) is 27.1. The number of fused-ring (bicyclic) bond motifs is 1. The Kier molecular flexibility index (Phi) is 4.66. The zero-order valence-electron chi connectivity index (χ0n) is 15.3. The average Bonchev–Trinajstić information content (AvgIpc) is 3.17. The minimum atomic E-state index is -0.514. The van der Waals surface area contributed by atoms with Crippen molar-refractivity contribution in [1.29, 1.82) is 0 Å². The van der Waals surface area contributed by atoms with Crippen LogP contribution in [0.15, 0.2) is 71.1 Å². The Morgan fingerprint density at radius 2 is 1.90 bits per heavy atom. The Labute approximate surface area is 164 Å². The fourth-order valence-corrected chi connectivity index (χ4v) is 2.82. The van der Waals surface area contributed by atoms with E-state index in [1.165, 1.54) is 24.3 Å². The number of hydrogen-bond acceptors (Lipinski definition) is 6. The van der Waals surface area contributed by atoms with Crippen molar-refractivity contribution in [2.24, 2.45) is 0 Å². The van der Waals surface area contributed by atoms with Crippen molar-refractivity contribution in [2.75, 3.05) is 12.4 Å². The summed E-state index contributed by atoms with van der Waals surface area (Å²) >= 11 is 0. The molecule has 0 bridgehead atoms. The molecule has 1 amide bonds. The molecule has 0 aliphatic rings. The van der Waals surface area contributed by atoms with E-state index in [0.29, 0.717) is 34.0 Å². The number of ether oxygens (including phenoxy) is 1. The molecule has 1 N–H and O–H groups in total. The van der Waals surface area contributed by atoms with Crippen molar-refractivity contribution in [3.63, 3.8) is 0 Å². The van der Waals surface area contributed by atoms with Gasteiger partial charge in [0.05, 0.1) is 12.0 Å². The molecule has 144 valence electrons. The summed E-state index contributed by atoms with van der Waals surface area (Å²) in [6.07, 6.45) is 0. The van der Waals surface area contributed by atoms with E-state index in [-0.39, 0.29) is 11.6 Å². The summed E-state index contributed by atoms with van der Waals surface area (Å²) in [6.45, 7) is 0. The van der Waals surface area contributed by atoms with E-state index in [1.807, 2.05) is 24.3 Å². The Morgan fingerprint density at radius 3 is 2.62 bits per heavy atom. The maximum atomic E-state index is 12.4. The molecule has 29 heavy (non-hydrogen) atoms. The minimum Gasteiger partial charge on any atom is -0.497 e. The third kappa shape index (κ3) is 3.77. The Bertz CT molecular complexity index is 1210. The third-order valence-corrected chi connectivity index (χ3v) is 4.30. The van der Waals surface area contributed by atoms with Gasteiger partial charge in [0.25, 0.3) is 11.6 Å². The molecule has 0 saturated carbocycles. The second kappa shape index (κ2) is 7.43. The predicted octanol–water partition coefficient (Wildman–Crippen LogP) is 4.66. The topological polar surface area (TPSA) is 108 Å². The molecule has 0 fully saturated rings. The van der Waals surface area contributed by atoms with Crippen LogP contribution in [0.4, 0.5) is 11.4 Å². The predicted molar refractivity (Wildman–Crippen MR) is 107 cm³/mol. The first-order valence-electron chi connectivity index (χ1n) is 8.64. The number of nitro groups is 1. The first-order chi connectivity index (χ1) is 14.0.